The lowest BCUT2D eigenvalue weighted by Gasteiger charge is -2.07. The smallest absolute Gasteiger partial charge is 0.269 e. The van der Waals surface area contributed by atoms with Gasteiger partial charge in [-0.05, 0) is 42.5 Å². The monoisotopic (exact) mass is 393 g/mol. The highest BCUT2D eigenvalue weighted by molar-refractivity contribution is 7.99. The molecule has 0 bridgehead atoms. The van der Waals surface area contributed by atoms with Crippen LogP contribution in [0.4, 0.5) is 0 Å². The fraction of sp³-hybridized carbons (Fsp3) is 0.0476. The zero-order chi connectivity index (χ0) is 18.6. The van der Waals surface area contributed by atoms with Gasteiger partial charge in [0.1, 0.15) is 5.69 Å². The van der Waals surface area contributed by atoms with E-state index < -0.39 is 0 Å². The number of H-pyrrole nitrogens is 1. The summed E-state index contributed by atoms with van der Waals surface area (Å²) in [6.45, 7) is 0.375. The van der Waals surface area contributed by atoms with E-state index >= 15 is 0 Å². The van der Waals surface area contributed by atoms with Crippen molar-refractivity contribution in [2.75, 3.05) is 0 Å². The van der Waals surface area contributed by atoms with Crippen molar-refractivity contribution in [1.82, 2.24) is 15.3 Å². The van der Waals surface area contributed by atoms with Crippen LogP contribution in [0.25, 0.3) is 10.9 Å². The Morgan fingerprint density at radius 3 is 2.59 bits per heavy atom. The molecule has 0 saturated carbocycles. The first-order valence-electron chi connectivity index (χ1n) is 8.43. The van der Waals surface area contributed by atoms with E-state index in [9.17, 15) is 4.79 Å². The molecule has 4 nitrogen and oxygen atoms in total. The molecule has 1 amide bonds. The first kappa shape index (κ1) is 17.6. The third-order valence-electron chi connectivity index (χ3n) is 4.08. The van der Waals surface area contributed by atoms with Gasteiger partial charge in [0.2, 0.25) is 0 Å². The Morgan fingerprint density at radius 2 is 1.81 bits per heavy atom. The van der Waals surface area contributed by atoms with Crippen LogP contribution in [0.15, 0.2) is 82.7 Å². The molecular formula is C21H16ClN3OS. The first-order valence-corrected chi connectivity index (χ1v) is 9.62. The van der Waals surface area contributed by atoms with Crippen molar-refractivity contribution in [1.29, 1.82) is 0 Å². The number of hydrogen-bond acceptors (Lipinski definition) is 3. The topological polar surface area (TPSA) is 57.8 Å². The van der Waals surface area contributed by atoms with Gasteiger partial charge in [0.05, 0.1) is 17.1 Å². The molecule has 2 aromatic heterocycles. The summed E-state index contributed by atoms with van der Waals surface area (Å²) in [5, 5.41) is 4.65. The summed E-state index contributed by atoms with van der Waals surface area (Å²) in [6.07, 6.45) is 1.71. The summed E-state index contributed by atoms with van der Waals surface area (Å²) in [6, 6.07) is 21.1. The Hall–Kier alpha value is -2.76. The number of fused-ring (bicyclic) bond motifs is 1. The van der Waals surface area contributed by atoms with Crippen molar-refractivity contribution in [2.45, 2.75) is 16.3 Å². The number of carbonyl (C=O) groups excluding carboxylic acids is 1. The van der Waals surface area contributed by atoms with Crippen LogP contribution in [0.5, 0.6) is 0 Å². The number of nitrogens with zero attached hydrogens (tertiary/aromatic N) is 1. The Morgan fingerprint density at radius 1 is 1.04 bits per heavy atom. The number of halogens is 1. The molecule has 4 rings (SSSR count). The number of carbonyl (C=O) groups is 1. The highest BCUT2D eigenvalue weighted by atomic mass is 35.5. The summed E-state index contributed by atoms with van der Waals surface area (Å²) in [5.74, 6) is -0.159. The molecule has 0 aliphatic carbocycles. The van der Waals surface area contributed by atoms with Gasteiger partial charge in [0.25, 0.3) is 5.91 Å². The van der Waals surface area contributed by atoms with Crippen LogP contribution in [-0.2, 0) is 6.54 Å². The third kappa shape index (κ3) is 3.99. The molecule has 6 heteroatoms. The van der Waals surface area contributed by atoms with Crippen molar-refractivity contribution < 1.29 is 4.79 Å². The molecule has 0 aliphatic rings. The molecule has 0 atom stereocenters. The van der Waals surface area contributed by atoms with Crippen LogP contribution in [-0.4, -0.2) is 15.9 Å². The Kier molecular flexibility index (Phi) is 5.14. The zero-order valence-corrected chi connectivity index (χ0v) is 15.8. The van der Waals surface area contributed by atoms with E-state index in [-0.39, 0.29) is 5.91 Å². The number of amides is 1. The number of aromatic amines is 1. The number of pyridine rings is 1. The van der Waals surface area contributed by atoms with Gasteiger partial charge < -0.3 is 10.3 Å². The average molecular weight is 394 g/mol. The molecule has 0 radical (unpaired) electrons. The molecule has 134 valence electrons. The van der Waals surface area contributed by atoms with Gasteiger partial charge in [-0.25, -0.2) is 0 Å². The summed E-state index contributed by atoms with van der Waals surface area (Å²) in [7, 11) is 0. The van der Waals surface area contributed by atoms with E-state index in [1.807, 2.05) is 66.7 Å². The first-order chi connectivity index (χ1) is 13.2. The van der Waals surface area contributed by atoms with Crippen LogP contribution < -0.4 is 5.32 Å². The van der Waals surface area contributed by atoms with E-state index in [2.05, 4.69) is 15.3 Å². The van der Waals surface area contributed by atoms with Gasteiger partial charge in [0, 0.05) is 27.0 Å². The summed E-state index contributed by atoms with van der Waals surface area (Å²) in [5.41, 5.74) is 2.29. The molecule has 0 saturated heterocycles. The standard InChI is InChI=1S/C21H16ClN3OS/c22-14-8-10-16(11-9-14)27-20-17-6-1-2-7-18(17)25-19(20)21(26)24-13-15-5-3-4-12-23-15/h1-12,25H,13H2,(H,24,26). The highest BCUT2D eigenvalue weighted by Gasteiger charge is 2.18. The number of nitrogens with one attached hydrogen (secondary N) is 2. The summed E-state index contributed by atoms with van der Waals surface area (Å²) in [4.78, 5) is 22.3. The molecule has 0 unspecified atom stereocenters. The Bertz CT molecular complexity index is 1080. The minimum Gasteiger partial charge on any atom is -0.350 e. The zero-order valence-electron chi connectivity index (χ0n) is 14.3. The van der Waals surface area contributed by atoms with Crippen LogP contribution in [0, 0.1) is 0 Å². The van der Waals surface area contributed by atoms with Crippen molar-refractivity contribution in [3.63, 3.8) is 0 Å². The van der Waals surface area contributed by atoms with E-state index in [4.69, 9.17) is 11.6 Å². The molecule has 0 spiro atoms. The highest BCUT2D eigenvalue weighted by Crippen LogP contribution is 2.37. The van der Waals surface area contributed by atoms with Gasteiger partial charge in [-0.3, -0.25) is 9.78 Å². The normalized spacial score (nSPS) is 10.9. The van der Waals surface area contributed by atoms with Gasteiger partial charge in [-0.1, -0.05) is 47.6 Å². The molecule has 27 heavy (non-hydrogen) atoms. The van der Waals surface area contributed by atoms with Crippen molar-refractivity contribution in [3.05, 3.63) is 89.3 Å². The minimum atomic E-state index is -0.159. The quantitative estimate of drug-likeness (QED) is 0.484. The fourth-order valence-electron chi connectivity index (χ4n) is 2.76. The van der Waals surface area contributed by atoms with Gasteiger partial charge >= 0.3 is 0 Å². The number of para-hydroxylation sites is 1. The number of aromatic nitrogens is 2. The predicted octanol–water partition coefficient (Wildman–Crippen LogP) is 5.30. The van der Waals surface area contributed by atoms with E-state index in [1.54, 1.807) is 18.0 Å². The Balaban J connectivity index is 1.64. The molecule has 0 fully saturated rings. The lowest BCUT2D eigenvalue weighted by Crippen LogP contribution is -2.24. The maximum atomic E-state index is 12.8. The molecule has 4 aromatic rings. The van der Waals surface area contributed by atoms with E-state index in [0.717, 1.165) is 26.4 Å². The molecule has 2 heterocycles. The van der Waals surface area contributed by atoms with Crippen LogP contribution >= 0.6 is 23.4 Å². The number of benzene rings is 2. The van der Waals surface area contributed by atoms with Crippen LogP contribution in [0.1, 0.15) is 16.2 Å². The predicted molar refractivity (Wildman–Crippen MR) is 109 cm³/mol. The number of hydrogen-bond donors (Lipinski definition) is 2. The Labute approximate surface area is 166 Å². The van der Waals surface area contributed by atoms with Crippen LogP contribution in [0.3, 0.4) is 0 Å². The second-order valence-corrected chi connectivity index (χ2v) is 7.45. The van der Waals surface area contributed by atoms with Gasteiger partial charge in [0.15, 0.2) is 0 Å². The van der Waals surface area contributed by atoms with E-state index in [0.29, 0.717) is 17.3 Å². The lowest BCUT2D eigenvalue weighted by molar-refractivity contribution is 0.0943. The largest absolute Gasteiger partial charge is 0.350 e. The minimum absolute atomic E-state index is 0.159. The summed E-state index contributed by atoms with van der Waals surface area (Å²) >= 11 is 7.53. The SMILES string of the molecule is O=C(NCc1ccccn1)c1[nH]c2ccccc2c1Sc1ccc(Cl)cc1. The van der Waals surface area contributed by atoms with Gasteiger partial charge in [-0.2, -0.15) is 0 Å². The maximum Gasteiger partial charge on any atom is 0.269 e. The summed E-state index contributed by atoms with van der Waals surface area (Å²) < 4.78 is 0. The van der Waals surface area contributed by atoms with Crippen LogP contribution in [0.2, 0.25) is 5.02 Å². The lowest BCUT2D eigenvalue weighted by atomic mass is 10.2. The van der Waals surface area contributed by atoms with Crippen molar-refractivity contribution in [2.24, 2.45) is 0 Å². The van der Waals surface area contributed by atoms with E-state index in [1.165, 1.54) is 0 Å². The maximum absolute atomic E-state index is 12.8. The van der Waals surface area contributed by atoms with Crippen molar-refractivity contribution in [3.8, 4) is 0 Å². The van der Waals surface area contributed by atoms with Crippen molar-refractivity contribution >= 4 is 40.2 Å². The second-order valence-electron chi connectivity index (χ2n) is 5.93. The number of rotatable bonds is 5. The second kappa shape index (κ2) is 7.86. The molecular weight excluding hydrogens is 378 g/mol. The average Bonchev–Trinajstić information content (AvgIpc) is 3.07. The van der Waals surface area contributed by atoms with Gasteiger partial charge in [-0.15, -0.1) is 0 Å². The molecule has 2 aromatic carbocycles. The molecule has 2 N–H and O–H groups in total. The third-order valence-corrected chi connectivity index (χ3v) is 5.46. The fourth-order valence-corrected chi connectivity index (χ4v) is 3.93. The molecule has 0 aliphatic heterocycles.